The summed E-state index contributed by atoms with van der Waals surface area (Å²) < 4.78 is 5.24. The third kappa shape index (κ3) is 5.97. The van der Waals surface area contributed by atoms with E-state index < -0.39 is 16.6 Å². The van der Waals surface area contributed by atoms with Crippen molar-refractivity contribution < 1.29 is 24.0 Å². The van der Waals surface area contributed by atoms with E-state index in [1.54, 1.807) is 12.1 Å². The van der Waals surface area contributed by atoms with Crippen molar-refractivity contribution in [1.29, 1.82) is 0 Å². The number of amides is 1. The lowest BCUT2D eigenvalue weighted by atomic mass is 10.1. The number of hydrogen-bond acceptors (Lipinski definition) is 6. The van der Waals surface area contributed by atoms with E-state index in [1.165, 1.54) is 31.2 Å². The number of ether oxygens (including phenoxy) is 1. The van der Waals surface area contributed by atoms with Gasteiger partial charge in [0.15, 0.2) is 5.78 Å². The van der Waals surface area contributed by atoms with Gasteiger partial charge in [0.25, 0.3) is 5.69 Å². The van der Waals surface area contributed by atoms with Crippen molar-refractivity contribution in [1.82, 2.24) is 0 Å². The normalized spacial score (nSPS) is 10.3. The van der Waals surface area contributed by atoms with Crippen LogP contribution in [0.25, 0.3) is 0 Å². The van der Waals surface area contributed by atoms with Gasteiger partial charge in [-0.1, -0.05) is 31.9 Å². The quantitative estimate of drug-likeness (QED) is 0.166. The summed E-state index contributed by atoms with van der Waals surface area (Å²) in [6, 6.07) is 9.89. The summed E-state index contributed by atoms with van der Waals surface area (Å²) >= 11 is 0. The number of unbranched alkanes of at least 4 members (excludes halogenated alkanes) is 2. The lowest BCUT2D eigenvalue weighted by Gasteiger charge is -2.10. The minimum atomic E-state index is -0.845. The van der Waals surface area contributed by atoms with E-state index in [4.69, 9.17) is 4.74 Å². The van der Waals surface area contributed by atoms with Crippen LogP contribution in [0.2, 0.25) is 0 Å². The number of nitro groups is 1. The standard InChI is InChI=1S/C21H22N2O6/c1-3-4-5-10-20(25)22-17-12-11-15(13-18(17)23(27)28)21(26)29-19-9-7-6-8-16(19)14(2)24/h6-9,11-13H,3-5,10H2,1-2H3,(H,22,25). The summed E-state index contributed by atoms with van der Waals surface area (Å²) in [5.74, 6) is -1.38. The number of rotatable bonds is 9. The Labute approximate surface area is 168 Å². The fraction of sp³-hybridized carbons (Fsp3) is 0.286. The molecule has 0 aliphatic carbocycles. The number of hydrogen-bond donors (Lipinski definition) is 1. The first-order valence-electron chi connectivity index (χ1n) is 9.24. The third-order valence-electron chi connectivity index (χ3n) is 4.18. The number of para-hydroxylation sites is 1. The number of anilines is 1. The summed E-state index contributed by atoms with van der Waals surface area (Å²) in [7, 11) is 0. The highest BCUT2D eigenvalue weighted by Gasteiger charge is 2.21. The summed E-state index contributed by atoms with van der Waals surface area (Å²) in [4.78, 5) is 46.8. The average molecular weight is 398 g/mol. The van der Waals surface area contributed by atoms with Gasteiger partial charge in [-0.3, -0.25) is 19.7 Å². The van der Waals surface area contributed by atoms with E-state index in [1.807, 2.05) is 6.92 Å². The Morgan fingerprint density at radius 2 is 1.83 bits per heavy atom. The molecule has 2 rings (SSSR count). The van der Waals surface area contributed by atoms with Gasteiger partial charge in [-0.15, -0.1) is 0 Å². The van der Waals surface area contributed by atoms with Crippen LogP contribution in [-0.2, 0) is 4.79 Å². The molecule has 1 N–H and O–H groups in total. The molecule has 0 atom stereocenters. The zero-order valence-electron chi connectivity index (χ0n) is 16.3. The van der Waals surface area contributed by atoms with Crippen LogP contribution in [0, 0.1) is 10.1 Å². The smallest absolute Gasteiger partial charge is 0.343 e. The minimum Gasteiger partial charge on any atom is -0.422 e. The van der Waals surface area contributed by atoms with Crippen molar-refractivity contribution in [3.8, 4) is 5.75 Å². The second kappa shape index (κ2) is 10.1. The Morgan fingerprint density at radius 3 is 2.48 bits per heavy atom. The predicted octanol–water partition coefficient (Wildman–Crippen LogP) is 4.54. The number of carbonyl (C=O) groups is 3. The highest BCUT2D eigenvalue weighted by Crippen LogP contribution is 2.27. The maximum absolute atomic E-state index is 12.4. The lowest BCUT2D eigenvalue weighted by molar-refractivity contribution is -0.384. The molecule has 2 aromatic carbocycles. The Hall–Kier alpha value is -3.55. The van der Waals surface area contributed by atoms with E-state index in [0.717, 1.165) is 18.9 Å². The van der Waals surface area contributed by atoms with Gasteiger partial charge in [0.1, 0.15) is 11.4 Å². The molecule has 0 fully saturated rings. The second-order valence-corrected chi connectivity index (χ2v) is 6.44. The number of ketones is 1. The number of benzene rings is 2. The van der Waals surface area contributed by atoms with Gasteiger partial charge < -0.3 is 10.1 Å². The average Bonchev–Trinajstić information content (AvgIpc) is 2.68. The number of esters is 1. The third-order valence-corrected chi connectivity index (χ3v) is 4.18. The maximum atomic E-state index is 12.4. The van der Waals surface area contributed by atoms with E-state index in [-0.39, 0.29) is 40.7 Å². The van der Waals surface area contributed by atoms with E-state index >= 15 is 0 Å². The first-order chi connectivity index (χ1) is 13.8. The van der Waals surface area contributed by atoms with E-state index in [2.05, 4.69) is 5.32 Å². The van der Waals surface area contributed by atoms with Gasteiger partial charge in [-0.05, 0) is 37.6 Å². The molecular weight excluding hydrogens is 376 g/mol. The highest BCUT2D eigenvalue weighted by atomic mass is 16.6. The molecule has 0 aromatic heterocycles. The molecule has 0 aliphatic rings. The molecule has 152 valence electrons. The van der Waals surface area contributed by atoms with Crippen LogP contribution in [0.1, 0.15) is 60.2 Å². The van der Waals surface area contributed by atoms with E-state index in [9.17, 15) is 24.5 Å². The van der Waals surface area contributed by atoms with Crippen molar-refractivity contribution in [2.45, 2.75) is 39.5 Å². The van der Waals surface area contributed by atoms with Crippen molar-refractivity contribution in [2.75, 3.05) is 5.32 Å². The van der Waals surface area contributed by atoms with Crippen LogP contribution < -0.4 is 10.1 Å². The molecule has 8 nitrogen and oxygen atoms in total. The molecule has 0 unspecified atom stereocenters. The van der Waals surface area contributed by atoms with Crippen LogP contribution in [0.4, 0.5) is 11.4 Å². The fourth-order valence-electron chi connectivity index (χ4n) is 2.67. The minimum absolute atomic E-state index is 0.0113. The zero-order chi connectivity index (χ0) is 21.4. The van der Waals surface area contributed by atoms with Crippen LogP contribution >= 0.6 is 0 Å². The Morgan fingerprint density at radius 1 is 1.10 bits per heavy atom. The van der Waals surface area contributed by atoms with Gasteiger partial charge >= 0.3 is 5.97 Å². The van der Waals surface area contributed by atoms with Gasteiger partial charge in [-0.2, -0.15) is 0 Å². The summed E-state index contributed by atoms with van der Waals surface area (Å²) in [6.07, 6.45) is 2.80. The molecule has 0 aliphatic heterocycles. The molecule has 8 heteroatoms. The molecule has 1 amide bonds. The van der Waals surface area contributed by atoms with Crippen molar-refractivity contribution in [3.63, 3.8) is 0 Å². The van der Waals surface area contributed by atoms with Gasteiger partial charge in [0.05, 0.1) is 16.1 Å². The molecule has 2 aromatic rings. The molecule has 29 heavy (non-hydrogen) atoms. The highest BCUT2D eigenvalue weighted by molar-refractivity contribution is 6.00. The van der Waals surface area contributed by atoms with Crippen molar-refractivity contribution >= 4 is 29.0 Å². The summed E-state index contributed by atoms with van der Waals surface area (Å²) in [6.45, 7) is 3.35. The van der Waals surface area contributed by atoms with Crippen molar-refractivity contribution in [2.24, 2.45) is 0 Å². The van der Waals surface area contributed by atoms with Crippen LogP contribution in [-0.4, -0.2) is 22.6 Å². The lowest BCUT2D eigenvalue weighted by Crippen LogP contribution is -2.14. The Kier molecular flexibility index (Phi) is 7.59. The number of Topliss-reactive ketones (excluding diaryl/α,β-unsaturated/α-hetero) is 1. The largest absolute Gasteiger partial charge is 0.422 e. The van der Waals surface area contributed by atoms with Gasteiger partial charge in [-0.25, -0.2) is 4.79 Å². The molecular formula is C21H22N2O6. The molecule has 0 saturated carbocycles. The fourth-order valence-corrected chi connectivity index (χ4v) is 2.67. The molecule has 0 bridgehead atoms. The first kappa shape index (κ1) is 21.7. The van der Waals surface area contributed by atoms with Gasteiger partial charge in [0.2, 0.25) is 5.91 Å². The Bertz CT molecular complexity index is 939. The zero-order valence-corrected chi connectivity index (χ0v) is 16.3. The molecule has 0 radical (unpaired) electrons. The number of nitro benzene ring substituents is 1. The monoisotopic (exact) mass is 398 g/mol. The topological polar surface area (TPSA) is 116 Å². The summed E-state index contributed by atoms with van der Waals surface area (Å²) in [5, 5.41) is 13.9. The Balaban J connectivity index is 2.21. The molecule has 0 saturated heterocycles. The molecule has 0 spiro atoms. The van der Waals surface area contributed by atoms with Crippen molar-refractivity contribution in [3.05, 3.63) is 63.7 Å². The maximum Gasteiger partial charge on any atom is 0.343 e. The number of nitrogens with one attached hydrogen (secondary N) is 1. The van der Waals surface area contributed by atoms with Crippen LogP contribution in [0.15, 0.2) is 42.5 Å². The predicted molar refractivity (Wildman–Crippen MR) is 107 cm³/mol. The second-order valence-electron chi connectivity index (χ2n) is 6.44. The van der Waals surface area contributed by atoms with E-state index in [0.29, 0.717) is 6.42 Å². The number of carbonyl (C=O) groups excluding carboxylic acids is 3. The van der Waals surface area contributed by atoms with Crippen LogP contribution in [0.5, 0.6) is 5.75 Å². The molecule has 0 heterocycles. The van der Waals surface area contributed by atoms with Crippen LogP contribution in [0.3, 0.4) is 0 Å². The first-order valence-corrected chi connectivity index (χ1v) is 9.24. The summed E-state index contributed by atoms with van der Waals surface area (Å²) in [5.41, 5.74) is -0.245. The SMILES string of the molecule is CCCCCC(=O)Nc1ccc(C(=O)Oc2ccccc2C(C)=O)cc1[N+](=O)[O-]. The van der Waals surface area contributed by atoms with Gasteiger partial charge in [0, 0.05) is 12.5 Å². The number of nitrogens with zero attached hydrogens (tertiary/aromatic N) is 1.